The molecule has 0 bridgehead atoms. The van der Waals surface area contributed by atoms with E-state index in [1.54, 1.807) is 12.1 Å². The molecule has 1 saturated heterocycles. The molecule has 1 aliphatic heterocycles. The summed E-state index contributed by atoms with van der Waals surface area (Å²) in [5, 5.41) is 3.87. The highest BCUT2D eigenvalue weighted by Crippen LogP contribution is 2.26. The van der Waals surface area contributed by atoms with Crippen molar-refractivity contribution < 1.29 is 13.2 Å². The van der Waals surface area contributed by atoms with Crippen LogP contribution in [0.25, 0.3) is 10.9 Å². The van der Waals surface area contributed by atoms with Gasteiger partial charge in [0, 0.05) is 49.7 Å². The van der Waals surface area contributed by atoms with Crippen molar-refractivity contribution in [1.29, 1.82) is 0 Å². The number of sulfonamides is 1. The van der Waals surface area contributed by atoms with Crippen LogP contribution in [0.15, 0.2) is 35.4 Å². The van der Waals surface area contributed by atoms with E-state index in [4.69, 9.17) is 0 Å². The first-order valence-electron chi connectivity index (χ1n) is 9.26. The molecule has 1 N–H and O–H groups in total. The number of aryl methyl sites for hydroxylation is 1. The molecule has 2 heterocycles. The molecule has 142 valence electrons. The monoisotopic (exact) mass is 377 g/mol. The lowest BCUT2D eigenvalue weighted by atomic mass is 9.97. The van der Waals surface area contributed by atoms with E-state index in [1.165, 1.54) is 4.31 Å². The first-order valence-corrected chi connectivity index (χ1v) is 10.7. The van der Waals surface area contributed by atoms with E-state index in [1.807, 2.05) is 29.9 Å². The van der Waals surface area contributed by atoms with Crippen LogP contribution in [0.2, 0.25) is 0 Å². The van der Waals surface area contributed by atoms with Crippen LogP contribution >= 0.6 is 0 Å². The van der Waals surface area contributed by atoms with Crippen LogP contribution in [0, 0.1) is 5.92 Å². The Morgan fingerprint density at radius 1 is 1.23 bits per heavy atom. The molecule has 26 heavy (non-hydrogen) atoms. The average molecular weight is 378 g/mol. The molecule has 6 nitrogen and oxygen atoms in total. The molecule has 0 saturated carbocycles. The Labute approximate surface area is 155 Å². The predicted octanol–water partition coefficient (Wildman–Crippen LogP) is 2.50. The zero-order chi connectivity index (χ0) is 18.7. The summed E-state index contributed by atoms with van der Waals surface area (Å²) in [6, 6.07) is 7.16. The predicted molar refractivity (Wildman–Crippen MR) is 102 cm³/mol. The van der Waals surface area contributed by atoms with Gasteiger partial charge < -0.3 is 9.88 Å². The number of fused-ring (bicyclic) bond motifs is 1. The van der Waals surface area contributed by atoms with Crippen molar-refractivity contribution in [2.45, 2.75) is 37.5 Å². The topological polar surface area (TPSA) is 71.4 Å². The van der Waals surface area contributed by atoms with Gasteiger partial charge in [0.05, 0.1) is 4.90 Å². The van der Waals surface area contributed by atoms with Crippen LogP contribution in [0.5, 0.6) is 0 Å². The third-order valence-electron chi connectivity index (χ3n) is 5.15. The second kappa shape index (κ2) is 7.80. The van der Waals surface area contributed by atoms with Gasteiger partial charge in [-0.15, -0.1) is 0 Å². The number of nitrogens with zero attached hydrogens (tertiary/aromatic N) is 2. The molecule has 1 aromatic carbocycles. The van der Waals surface area contributed by atoms with E-state index in [9.17, 15) is 13.2 Å². The molecular weight excluding hydrogens is 350 g/mol. The lowest BCUT2D eigenvalue weighted by Gasteiger charge is -2.30. The number of aromatic nitrogens is 1. The lowest BCUT2D eigenvalue weighted by Crippen LogP contribution is -2.43. The Hall–Kier alpha value is -1.86. The minimum absolute atomic E-state index is 0.0567. The smallest absolute Gasteiger partial charge is 0.243 e. The summed E-state index contributed by atoms with van der Waals surface area (Å²) in [5.74, 6) is -0.0314. The Balaban J connectivity index is 1.66. The molecule has 2 aromatic rings. The lowest BCUT2D eigenvalue weighted by molar-refractivity contribution is -0.126. The fraction of sp³-hybridized carbons (Fsp3) is 0.526. The molecule has 0 spiro atoms. The Bertz CT molecular complexity index is 881. The van der Waals surface area contributed by atoms with E-state index in [0.717, 1.165) is 23.7 Å². The average Bonchev–Trinajstić information content (AvgIpc) is 3.02. The summed E-state index contributed by atoms with van der Waals surface area (Å²) in [4.78, 5) is 12.5. The Morgan fingerprint density at radius 2 is 1.96 bits per heavy atom. The maximum Gasteiger partial charge on any atom is 0.243 e. The van der Waals surface area contributed by atoms with Gasteiger partial charge in [-0.05, 0) is 43.5 Å². The number of piperidine rings is 1. The first-order chi connectivity index (χ1) is 12.4. The fourth-order valence-electron chi connectivity index (χ4n) is 3.46. The largest absolute Gasteiger partial charge is 0.356 e. The van der Waals surface area contributed by atoms with Crippen molar-refractivity contribution in [2.24, 2.45) is 13.0 Å². The van der Waals surface area contributed by atoms with Gasteiger partial charge in [-0.3, -0.25) is 4.79 Å². The highest BCUT2D eigenvalue weighted by Gasteiger charge is 2.32. The van der Waals surface area contributed by atoms with Gasteiger partial charge in [0.15, 0.2) is 0 Å². The highest BCUT2D eigenvalue weighted by atomic mass is 32.2. The second-order valence-electron chi connectivity index (χ2n) is 6.97. The SMILES string of the molecule is CCCCNC(=O)C1CCN(S(=O)(=O)c2ccc3c(ccn3C)c2)CC1. The van der Waals surface area contributed by atoms with E-state index in [2.05, 4.69) is 12.2 Å². The molecular formula is C19H27N3O3S. The van der Waals surface area contributed by atoms with Crippen molar-refractivity contribution in [3.63, 3.8) is 0 Å². The van der Waals surface area contributed by atoms with Crippen molar-refractivity contribution in [1.82, 2.24) is 14.2 Å². The second-order valence-corrected chi connectivity index (χ2v) is 8.91. The van der Waals surface area contributed by atoms with Crippen LogP contribution in [0.4, 0.5) is 0 Å². The standard InChI is InChI=1S/C19H27N3O3S/c1-3-4-10-20-19(23)15-8-12-22(13-9-15)26(24,25)17-5-6-18-16(14-17)7-11-21(18)2/h5-7,11,14-15H,3-4,8-10,12-13H2,1-2H3,(H,20,23). The minimum Gasteiger partial charge on any atom is -0.356 e. The summed E-state index contributed by atoms with van der Waals surface area (Å²) in [5.41, 5.74) is 1.01. The van der Waals surface area contributed by atoms with E-state index in [0.29, 0.717) is 37.4 Å². The normalized spacial score (nSPS) is 16.8. The summed E-state index contributed by atoms with van der Waals surface area (Å²) < 4.78 is 29.4. The first kappa shape index (κ1) is 18.9. The maximum absolute atomic E-state index is 12.9. The third kappa shape index (κ3) is 3.78. The number of benzene rings is 1. The molecule has 0 aliphatic carbocycles. The number of amides is 1. The number of rotatable bonds is 6. The maximum atomic E-state index is 12.9. The van der Waals surface area contributed by atoms with Crippen molar-refractivity contribution in [3.05, 3.63) is 30.5 Å². The molecule has 1 aliphatic rings. The van der Waals surface area contributed by atoms with E-state index < -0.39 is 10.0 Å². The van der Waals surface area contributed by atoms with Crippen LogP contribution in [-0.2, 0) is 21.9 Å². The molecule has 0 radical (unpaired) electrons. The van der Waals surface area contributed by atoms with Crippen LogP contribution < -0.4 is 5.32 Å². The zero-order valence-electron chi connectivity index (χ0n) is 15.4. The van der Waals surface area contributed by atoms with Gasteiger partial charge in [-0.1, -0.05) is 13.3 Å². The van der Waals surface area contributed by atoms with Crippen molar-refractivity contribution in [2.75, 3.05) is 19.6 Å². The van der Waals surface area contributed by atoms with Gasteiger partial charge in [-0.25, -0.2) is 8.42 Å². The molecule has 7 heteroatoms. The number of nitrogens with one attached hydrogen (secondary N) is 1. The number of carbonyl (C=O) groups excluding carboxylic acids is 1. The van der Waals surface area contributed by atoms with Gasteiger partial charge in [-0.2, -0.15) is 4.31 Å². The Morgan fingerprint density at radius 3 is 2.65 bits per heavy atom. The summed E-state index contributed by atoms with van der Waals surface area (Å²) >= 11 is 0. The van der Waals surface area contributed by atoms with Crippen LogP contribution in [0.1, 0.15) is 32.6 Å². The van der Waals surface area contributed by atoms with Crippen molar-refractivity contribution in [3.8, 4) is 0 Å². The van der Waals surface area contributed by atoms with Gasteiger partial charge in [0.25, 0.3) is 0 Å². The Kier molecular flexibility index (Phi) is 5.67. The van der Waals surface area contributed by atoms with Crippen LogP contribution in [0.3, 0.4) is 0 Å². The van der Waals surface area contributed by atoms with E-state index in [-0.39, 0.29) is 11.8 Å². The van der Waals surface area contributed by atoms with Gasteiger partial charge in [0.2, 0.25) is 15.9 Å². The molecule has 1 aromatic heterocycles. The fourth-order valence-corrected chi connectivity index (χ4v) is 4.97. The molecule has 1 fully saturated rings. The number of hydrogen-bond acceptors (Lipinski definition) is 3. The van der Waals surface area contributed by atoms with Crippen LogP contribution in [-0.4, -0.2) is 42.8 Å². The molecule has 1 amide bonds. The number of carbonyl (C=O) groups is 1. The highest BCUT2D eigenvalue weighted by molar-refractivity contribution is 7.89. The molecule has 3 rings (SSSR count). The van der Waals surface area contributed by atoms with Gasteiger partial charge >= 0.3 is 0 Å². The summed E-state index contributed by atoms with van der Waals surface area (Å²) in [6.45, 7) is 3.56. The minimum atomic E-state index is -3.52. The number of hydrogen-bond donors (Lipinski definition) is 1. The van der Waals surface area contributed by atoms with Gasteiger partial charge in [0.1, 0.15) is 0 Å². The molecule has 0 atom stereocenters. The van der Waals surface area contributed by atoms with E-state index >= 15 is 0 Å². The summed E-state index contributed by atoms with van der Waals surface area (Å²) in [7, 11) is -1.58. The third-order valence-corrected chi connectivity index (χ3v) is 7.04. The molecule has 0 unspecified atom stereocenters. The summed E-state index contributed by atoms with van der Waals surface area (Å²) in [6.07, 6.45) is 5.09. The number of unbranched alkanes of at least 4 members (excludes halogenated alkanes) is 1. The zero-order valence-corrected chi connectivity index (χ0v) is 16.3. The van der Waals surface area contributed by atoms with Crippen molar-refractivity contribution >= 4 is 26.8 Å². The quantitative estimate of drug-likeness (QED) is 0.786.